The second-order valence-electron chi connectivity index (χ2n) is 6.01. The topological polar surface area (TPSA) is 40.5 Å². The summed E-state index contributed by atoms with van der Waals surface area (Å²) in [6, 6.07) is 6.91. The van der Waals surface area contributed by atoms with E-state index in [1.807, 2.05) is 6.92 Å². The van der Waals surface area contributed by atoms with Crippen molar-refractivity contribution in [2.24, 2.45) is 5.92 Å². The van der Waals surface area contributed by atoms with E-state index in [0.29, 0.717) is 12.0 Å². The first kappa shape index (κ1) is 14.6. The Kier molecular flexibility index (Phi) is 4.48. The van der Waals surface area contributed by atoms with Crippen LogP contribution in [0, 0.1) is 12.8 Å². The second kappa shape index (κ2) is 6.12. The SMILES string of the molecule is Cc1ccc(N(CC(C)C)C2CC2)c(/C=C/C(=O)O)c1. The lowest BCUT2D eigenvalue weighted by Gasteiger charge is -2.28. The van der Waals surface area contributed by atoms with E-state index in [9.17, 15) is 4.79 Å². The van der Waals surface area contributed by atoms with Crippen molar-refractivity contribution < 1.29 is 9.90 Å². The highest BCUT2D eigenvalue weighted by Gasteiger charge is 2.30. The maximum atomic E-state index is 10.8. The molecule has 1 aromatic carbocycles. The van der Waals surface area contributed by atoms with Crippen LogP contribution in [0.5, 0.6) is 0 Å². The highest BCUT2D eigenvalue weighted by atomic mass is 16.4. The minimum Gasteiger partial charge on any atom is -0.478 e. The van der Waals surface area contributed by atoms with Crippen molar-refractivity contribution in [3.8, 4) is 0 Å². The summed E-state index contributed by atoms with van der Waals surface area (Å²) in [4.78, 5) is 13.2. The predicted molar refractivity (Wildman–Crippen MR) is 83.1 cm³/mol. The number of nitrogens with zero attached hydrogens (tertiary/aromatic N) is 1. The molecule has 108 valence electrons. The maximum absolute atomic E-state index is 10.8. The molecule has 0 aliphatic heterocycles. The molecule has 1 aromatic rings. The Morgan fingerprint density at radius 2 is 2.15 bits per heavy atom. The largest absolute Gasteiger partial charge is 0.478 e. The molecule has 0 heterocycles. The summed E-state index contributed by atoms with van der Waals surface area (Å²) in [5.74, 6) is -0.313. The summed E-state index contributed by atoms with van der Waals surface area (Å²) in [6.07, 6.45) is 5.41. The standard InChI is InChI=1S/C17H23NO2/c1-12(2)11-18(15-6-7-15)16-8-4-13(3)10-14(16)5-9-17(19)20/h4-5,8-10,12,15H,6-7,11H2,1-3H3,(H,19,20)/b9-5+. The van der Waals surface area contributed by atoms with Crippen LogP contribution in [-0.2, 0) is 4.79 Å². The van der Waals surface area contributed by atoms with Gasteiger partial charge >= 0.3 is 5.97 Å². The minimum absolute atomic E-state index is 0.591. The van der Waals surface area contributed by atoms with Crippen molar-refractivity contribution in [2.75, 3.05) is 11.4 Å². The third-order valence-electron chi connectivity index (χ3n) is 3.45. The van der Waals surface area contributed by atoms with Gasteiger partial charge in [-0.25, -0.2) is 4.79 Å². The number of carbonyl (C=O) groups is 1. The van der Waals surface area contributed by atoms with E-state index in [4.69, 9.17) is 5.11 Å². The van der Waals surface area contributed by atoms with Gasteiger partial charge in [-0.05, 0) is 49.5 Å². The Labute approximate surface area is 120 Å². The number of carboxylic acids is 1. The maximum Gasteiger partial charge on any atom is 0.328 e. The van der Waals surface area contributed by atoms with Gasteiger partial charge < -0.3 is 10.0 Å². The van der Waals surface area contributed by atoms with Gasteiger partial charge in [-0.1, -0.05) is 25.5 Å². The molecule has 2 rings (SSSR count). The Morgan fingerprint density at radius 1 is 1.45 bits per heavy atom. The summed E-state index contributed by atoms with van der Waals surface area (Å²) in [5.41, 5.74) is 3.31. The Morgan fingerprint density at radius 3 is 2.70 bits per heavy atom. The first-order valence-corrected chi connectivity index (χ1v) is 7.25. The lowest BCUT2D eigenvalue weighted by atomic mass is 10.1. The molecule has 20 heavy (non-hydrogen) atoms. The van der Waals surface area contributed by atoms with E-state index < -0.39 is 5.97 Å². The molecule has 0 amide bonds. The van der Waals surface area contributed by atoms with Crippen LogP contribution in [0.2, 0.25) is 0 Å². The first-order chi connectivity index (χ1) is 9.47. The molecule has 1 saturated carbocycles. The van der Waals surface area contributed by atoms with E-state index in [1.54, 1.807) is 6.08 Å². The molecule has 0 aromatic heterocycles. The van der Waals surface area contributed by atoms with E-state index in [-0.39, 0.29) is 0 Å². The summed E-state index contributed by atoms with van der Waals surface area (Å²) >= 11 is 0. The van der Waals surface area contributed by atoms with Crippen LogP contribution in [0.25, 0.3) is 6.08 Å². The number of benzene rings is 1. The van der Waals surface area contributed by atoms with Crippen LogP contribution in [0.1, 0.15) is 37.8 Å². The summed E-state index contributed by atoms with van der Waals surface area (Å²) in [7, 11) is 0. The average Bonchev–Trinajstić information content (AvgIpc) is 3.18. The van der Waals surface area contributed by atoms with Crippen molar-refractivity contribution in [2.45, 2.75) is 39.7 Å². The van der Waals surface area contributed by atoms with Gasteiger partial charge in [-0.15, -0.1) is 0 Å². The Bertz CT molecular complexity index is 516. The smallest absolute Gasteiger partial charge is 0.328 e. The number of aryl methyl sites for hydroxylation is 1. The monoisotopic (exact) mass is 273 g/mol. The third kappa shape index (κ3) is 3.86. The highest BCUT2D eigenvalue weighted by molar-refractivity contribution is 5.87. The number of anilines is 1. The van der Waals surface area contributed by atoms with E-state index in [0.717, 1.165) is 23.4 Å². The zero-order valence-corrected chi connectivity index (χ0v) is 12.5. The van der Waals surface area contributed by atoms with Crippen LogP contribution in [-0.4, -0.2) is 23.7 Å². The molecule has 0 bridgehead atoms. The van der Waals surface area contributed by atoms with Gasteiger partial charge in [0.1, 0.15) is 0 Å². The molecule has 3 nitrogen and oxygen atoms in total. The highest BCUT2D eigenvalue weighted by Crippen LogP contribution is 2.35. The van der Waals surface area contributed by atoms with Crippen LogP contribution >= 0.6 is 0 Å². The normalized spacial score (nSPS) is 15.0. The van der Waals surface area contributed by atoms with Crippen molar-refractivity contribution >= 4 is 17.7 Å². The van der Waals surface area contributed by atoms with Gasteiger partial charge in [-0.2, -0.15) is 0 Å². The number of hydrogen-bond donors (Lipinski definition) is 1. The fourth-order valence-electron chi connectivity index (χ4n) is 2.45. The Balaban J connectivity index is 2.34. The summed E-state index contributed by atoms with van der Waals surface area (Å²) < 4.78 is 0. The van der Waals surface area contributed by atoms with Gasteiger partial charge in [0, 0.05) is 24.4 Å². The number of carboxylic acid groups (broad SMARTS) is 1. The molecular weight excluding hydrogens is 250 g/mol. The second-order valence-corrected chi connectivity index (χ2v) is 6.01. The molecule has 1 N–H and O–H groups in total. The molecule has 0 unspecified atom stereocenters. The lowest BCUT2D eigenvalue weighted by Crippen LogP contribution is -2.30. The first-order valence-electron chi connectivity index (χ1n) is 7.25. The van der Waals surface area contributed by atoms with Gasteiger partial charge in [-0.3, -0.25) is 0 Å². The quantitative estimate of drug-likeness (QED) is 0.803. The van der Waals surface area contributed by atoms with Crippen LogP contribution < -0.4 is 4.90 Å². The molecular formula is C17H23NO2. The molecule has 0 radical (unpaired) electrons. The molecule has 1 fully saturated rings. The van der Waals surface area contributed by atoms with Crippen LogP contribution in [0.15, 0.2) is 24.3 Å². The Hall–Kier alpha value is -1.77. The number of rotatable bonds is 6. The zero-order valence-electron chi connectivity index (χ0n) is 12.5. The minimum atomic E-state index is -0.903. The van der Waals surface area contributed by atoms with Gasteiger partial charge in [0.05, 0.1) is 0 Å². The molecule has 1 aliphatic carbocycles. The van der Waals surface area contributed by atoms with Gasteiger partial charge in [0.2, 0.25) is 0 Å². The molecule has 0 spiro atoms. The van der Waals surface area contributed by atoms with Gasteiger partial charge in [0.25, 0.3) is 0 Å². The zero-order chi connectivity index (χ0) is 14.7. The fourth-order valence-corrected chi connectivity index (χ4v) is 2.45. The van der Waals surface area contributed by atoms with E-state index in [1.165, 1.54) is 18.9 Å². The van der Waals surface area contributed by atoms with E-state index in [2.05, 4.69) is 36.9 Å². The van der Waals surface area contributed by atoms with Crippen molar-refractivity contribution in [3.63, 3.8) is 0 Å². The fraction of sp³-hybridized carbons (Fsp3) is 0.471. The van der Waals surface area contributed by atoms with Crippen LogP contribution in [0.4, 0.5) is 5.69 Å². The number of hydrogen-bond acceptors (Lipinski definition) is 2. The predicted octanol–water partition coefficient (Wildman–Crippen LogP) is 3.72. The third-order valence-corrected chi connectivity index (χ3v) is 3.45. The van der Waals surface area contributed by atoms with E-state index >= 15 is 0 Å². The van der Waals surface area contributed by atoms with Gasteiger partial charge in [0.15, 0.2) is 0 Å². The number of aliphatic carboxylic acids is 1. The van der Waals surface area contributed by atoms with Crippen molar-refractivity contribution in [3.05, 3.63) is 35.4 Å². The van der Waals surface area contributed by atoms with Crippen molar-refractivity contribution in [1.29, 1.82) is 0 Å². The molecule has 3 heteroatoms. The summed E-state index contributed by atoms with van der Waals surface area (Å²) in [5, 5.41) is 8.84. The van der Waals surface area contributed by atoms with Crippen LogP contribution in [0.3, 0.4) is 0 Å². The van der Waals surface area contributed by atoms with Crippen molar-refractivity contribution in [1.82, 2.24) is 0 Å². The molecule has 0 saturated heterocycles. The average molecular weight is 273 g/mol. The molecule has 1 aliphatic rings. The molecule has 0 atom stereocenters. The summed E-state index contributed by atoms with van der Waals surface area (Å²) in [6.45, 7) is 7.49. The lowest BCUT2D eigenvalue weighted by molar-refractivity contribution is -0.131.